The maximum Gasteiger partial charge on any atom is 0.240 e. The number of hydrogen-bond acceptors (Lipinski definition) is 3. The molecule has 92 valence electrons. The molecule has 0 radical (unpaired) electrons. The van der Waals surface area contributed by atoms with Crippen molar-refractivity contribution in [2.75, 3.05) is 5.73 Å². The average Bonchev–Trinajstić information content (AvgIpc) is 2.30. The predicted molar refractivity (Wildman–Crippen MR) is 68.0 cm³/mol. The number of allylic oxidation sites excluding steroid dienone is 1. The second kappa shape index (κ2) is 4.89. The standard InChI is InChI=1S/C12H16N2O2S/c13-10-5-4-8-12(9-10)17(15,16)14-11-6-2-1-3-7-11/h1-2,4-5,8-9,11,14H,3,6-7,13H2. The summed E-state index contributed by atoms with van der Waals surface area (Å²) in [6.07, 6.45) is 6.60. The Kier molecular flexibility index (Phi) is 3.49. The van der Waals surface area contributed by atoms with Crippen LogP contribution in [0.25, 0.3) is 0 Å². The molecule has 1 atom stereocenters. The van der Waals surface area contributed by atoms with Crippen LogP contribution in [0.4, 0.5) is 5.69 Å². The number of nitrogen functional groups attached to an aromatic ring is 1. The van der Waals surface area contributed by atoms with Crippen LogP contribution in [0.3, 0.4) is 0 Å². The van der Waals surface area contributed by atoms with Crippen molar-refractivity contribution in [3.63, 3.8) is 0 Å². The van der Waals surface area contributed by atoms with E-state index < -0.39 is 10.0 Å². The number of nitrogens with one attached hydrogen (secondary N) is 1. The van der Waals surface area contributed by atoms with Gasteiger partial charge in [0.15, 0.2) is 0 Å². The lowest BCUT2D eigenvalue weighted by molar-refractivity contribution is 0.522. The molecule has 1 aromatic rings. The van der Waals surface area contributed by atoms with Crippen molar-refractivity contribution in [1.29, 1.82) is 0 Å². The molecule has 0 aliphatic heterocycles. The highest BCUT2D eigenvalue weighted by atomic mass is 32.2. The van der Waals surface area contributed by atoms with Crippen molar-refractivity contribution in [3.8, 4) is 0 Å². The monoisotopic (exact) mass is 252 g/mol. The zero-order valence-electron chi connectivity index (χ0n) is 9.46. The summed E-state index contributed by atoms with van der Waals surface area (Å²) < 4.78 is 26.8. The molecular formula is C12H16N2O2S. The van der Waals surface area contributed by atoms with Gasteiger partial charge in [-0.2, -0.15) is 0 Å². The smallest absolute Gasteiger partial charge is 0.240 e. The van der Waals surface area contributed by atoms with Crippen molar-refractivity contribution >= 4 is 15.7 Å². The lowest BCUT2D eigenvalue weighted by atomic mass is 10.0. The Morgan fingerprint density at radius 3 is 2.76 bits per heavy atom. The van der Waals surface area contributed by atoms with Crippen LogP contribution in [0, 0.1) is 0 Å². The topological polar surface area (TPSA) is 72.2 Å². The Morgan fingerprint density at radius 2 is 2.12 bits per heavy atom. The maximum atomic E-state index is 12.1. The van der Waals surface area contributed by atoms with Gasteiger partial charge in [-0.1, -0.05) is 18.2 Å². The highest BCUT2D eigenvalue weighted by Gasteiger charge is 2.20. The van der Waals surface area contributed by atoms with E-state index in [0.717, 1.165) is 19.3 Å². The van der Waals surface area contributed by atoms with Gasteiger partial charge in [-0.05, 0) is 37.5 Å². The van der Waals surface area contributed by atoms with Gasteiger partial charge in [0, 0.05) is 11.7 Å². The average molecular weight is 252 g/mol. The van der Waals surface area contributed by atoms with Gasteiger partial charge in [-0.25, -0.2) is 13.1 Å². The summed E-state index contributed by atoms with van der Waals surface area (Å²) in [5.41, 5.74) is 6.04. The van der Waals surface area contributed by atoms with Gasteiger partial charge >= 0.3 is 0 Å². The number of sulfonamides is 1. The number of anilines is 1. The fourth-order valence-electron chi connectivity index (χ4n) is 1.87. The highest BCUT2D eigenvalue weighted by molar-refractivity contribution is 7.89. The van der Waals surface area contributed by atoms with Gasteiger partial charge in [0.2, 0.25) is 10.0 Å². The number of rotatable bonds is 3. The minimum Gasteiger partial charge on any atom is -0.399 e. The molecule has 2 rings (SSSR count). The van der Waals surface area contributed by atoms with Crippen LogP contribution < -0.4 is 10.5 Å². The molecule has 3 N–H and O–H groups in total. The van der Waals surface area contributed by atoms with E-state index in [0.29, 0.717) is 5.69 Å². The fourth-order valence-corrected chi connectivity index (χ4v) is 3.21. The Bertz CT molecular complexity index is 523. The van der Waals surface area contributed by atoms with E-state index in [9.17, 15) is 8.42 Å². The van der Waals surface area contributed by atoms with Crippen molar-refractivity contribution in [1.82, 2.24) is 4.72 Å². The molecule has 0 aromatic heterocycles. The van der Waals surface area contributed by atoms with Crippen LogP contribution in [0.1, 0.15) is 19.3 Å². The second-order valence-corrected chi connectivity index (χ2v) is 5.89. The van der Waals surface area contributed by atoms with Crippen molar-refractivity contribution in [3.05, 3.63) is 36.4 Å². The van der Waals surface area contributed by atoms with E-state index in [4.69, 9.17) is 5.73 Å². The first-order valence-electron chi connectivity index (χ1n) is 5.61. The Morgan fingerprint density at radius 1 is 1.29 bits per heavy atom. The van der Waals surface area contributed by atoms with Gasteiger partial charge in [-0.15, -0.1) is 0 Å². The summed E-state index contributed by atoms with van der Waals surface area (Å²) in [6, 6.07) is 6.33. The second-order valence-electron chi connectivity index (χ2n) is 4.18. The molecule has 17 heavy (non-hydrogen) atoms. The van der Waals surface area contributed by atoms with Crippen LogP contribution in [0.5, 0.6) is 0 Å². The minimum atomic E-state index is -3.45. The zero-order chi connectivity index (χ0) is 12.3. The molecule has 5 heteroatoms. The van der Waals surface area contributed by atoms with Gasteiger partial charge in [0.25, 0.3) is 0 Å². The maximum absolute atomic E-state index is 12.1. The third-order valence-corrected chi connectivity index (χ3v) is 4.28. The third-order valence-electron chi connectivity index (χ3n) is 2.76. The van der Waals surface area contributed by atoms with E-state index in [2.05, 4.69) is 10.8 Å². The summed E-state index contributed by atoms with van der Waals surface area (Å²) in [4.78, 5) is 0.229. The first-order chi connectivity index (χ1) is 8.08. The summed E-state index contributed by atoms with van der Waals surface area (Å²) in [6.45, 7) is 0. The lowest BCUT2D eigenvalue weighted by Crippen LogP contribution is -2.35. The lowest BCUT2D eigenvalue weighted by Gasteiger charge is -2.19. The molecule has 0 spiro atoms. The molecule has 0 saturated carbocycles. The van der Waals surface area contributed by atoms with Crippen LogP contribution in [0.15, 0.2) is 41.3 Å². The van der Waals surface area contributed by atoms with Gasteiger partial charge < -0.3 is 5.73 Å². The minimum absolute atomic E-state index is 0.00793. The zero-order valence-corrected chi connectivity index (χ0v) is 10.3. The van der Waals surface area contributed by atoms with E-state index in [-0.39, 0.29) is 10.9 Å². The molecule has 1 unspecified atom stereocenters. The third kappa shape index (κ3) is 3.08. The van der Waals surface area contributed by atoms with Crippen molar-refractivity contribution in [2.45, 2.75) is 30.2 Å². The van der Waals surface area contributed by atoms with Crippen LogP contribution in [0.2, 0.25) is 0 Å². The van der Waals surface area contributed by atoms with Gasteiger partial charge in [-0.3, -0.25) is 0 Å². The molecule has 1 aliphatic carbocycles. The summed E-state index contributed by atoms with van der Waals surface area (Å²) in [5.74, 6) is 0. The first kappa shape index (κ1) is 12.1. The molecule has 0 bridgehead atoms. The number of hydrogen-bond donors (Lipinski definition) is 2. The van der Waals surface area contributed by atoms with Crippen molar-refractivity contribution in [2.24, 2.45) is 0 Å². The van der Waals surface area contributed by atoms with E-state index >= 15 is 0 Å². The predicted octanol–water partition coefficient (Wildman–Crippen LogP) is 1.66. The van der Waals surface area contributed by atoms with E-state index in [1.807, 2.05) is 6.08 Å². The Labute approximate surface area is 102 Å². The van der Waals surface area contributed by atoms with Crippen LogP contribution in [-0.2, 0) is 10.0 Å². The fraction of sp³-hybridized carbons (Fsp3) is 0.333. The molecule has 0 saturated heterocycles. The Hall–Kier alpha value is -1.33. The van der Waals surface area contributed by atoms with Crippen molar-refractivity contribution < 1.29 is 8.42 Å². The molecule has 0 fully saturated rings. The van der Waals surface area contributed by atoms with Crippen LogP contribution >= 0.6 is 0 Å². The summed E-state index contributed by atoms with van der Waals surface area (Å²) >= 11 is 0. The molecular weight excluding hydrogens is 236 g/mol. The van der Waals surface area contributed by atoms with Gasteiger partial charge in [0.05, 0.1) is 4.90 Å². The first-order valence-corrected chi connectivity index (χ1v) is 7.09. The van der Waals surface area contributed by atoms with E-state index in [1.165, 1.54) is 6.07 Å². The molecule has 1 aromatic carbocycles. The van der Waals surface area contributed by atoms with E-state index in [1.54, 1.807) is 18.2 Å². The number of nitrogens with two attached hydrogens (primary N) is 1. The quantitative estimate of drug-likeness (QED) is 0.634. The Balaban J connectivity index is 2.16. The normalized spacial score (nSPS) is 20.4. The molecule has 1 aliphatic rings. The number of benzene rings is 1. The SMILES string of the molecule is Nc1cccc(S(=O)(=O)NC2CC=CCC2)c1. The summed E-state index contributed by atoms with van der Waals surface area (Å²) in [5, 5.41) is 0. The largest absolute Gasteiger partial charge is 0.399 e. The van der Waals surface area contributed by atoms with Crippen LogP contribution in [-0.4, -0.2) is 14.5 Å². The molecule has 4 nitrogen and oxygen atoms in total. The summed E-state index contributed by atoms with van der Waals surface area (Å²) in [7, 11) is -3.45. The molecule has 0 amide bonds. The van der Waals surface area contributed by atoms with Gasteiger partial charge in [0.1, 0.15) is 0 Å². The highest BCUT2D eigenvalue weighted by Crippen LogP contribution is 2.17. The molecule has 0 heterocycles.